The molecule has 0 spiro atoms. The van der Waals surface area contributed by atoms with E-state index in [0.29, 0.717) is 0 Å². The van der Waals surface area contributed by atoms with Crippen molar-refractivity contribution in [3.05, 3.63) is 6.92 Å². The molecule has 0 saturated heterocycles. The fraction of sp³-hybridized carbons (Fsp3) is 0.833. The molecule has 1 saturated carbocycles. The molecule has 0 aromatic heterocycles. The predicted molar refractivity (Wildman–Crippen MR) is 26.3 cm³/mol. The second-order valence-corrected chi connectivity index (χ2v) is 2.03. The second kappa shape index (κ2) is 1.63. The maximum atomic E-state index is 5.33. The molecule has 0 unspecified atom stereocenters. The molecule has 0 heterocycles. The van der Waals surface area contributed by atoms with Gasteiger partial charge in [0.1, 0.15) is 0 Å². The largest absolute Gasteiger partial charge is 0.0528 e. The minimum atomic E-state index is 0.894. The van der Waals surface area contributed by atoms with E-state index in [1.54, 1.807) is 0 Å². The molecule has 0 aromatic carbocycles. The average molecular weight is 82.1 g/mol. The van der Waals surface area contributed by atoms with E-state index in [4.69, 9.17) is 6.92 Å². The molecule has 0 amide bonds. The molecule has 0 heteroatoms. The van der Waals surface area contributed by atoms with Crippen molar-refractivity contribution in [2.75, 3.05) is 0 Å². The summed E-state index contributed by atoms with van der Waals surface area (Å²) in [5.41, 5.74) is 0. The zero-order valence-corrected chi connectivity index (χ0v) is 3.98. The molecule has 0 atom stereocenters. The van der Waals surface area contributed by atoms with E-state index in [0.717, 1.165) is 12.3 Å². The summed E-state index contributed by atoms with van der Waals surface area (Å²) in [7, 11) is 0. The summed E-state index contributed by atoms with van der Waals surface area (Å²) < 4.78 is 0. The van der Waals surface area contributed by atoms with Gasteiger partial charge in [0, 0.05) is 0 Å². The Morgan fingerprint density at radius 2 is 2.17 bits per heavy atom. The van der Waals surface area contributed by atoms with Crippen molar-refractivity contribution in [1.82, 2.24) is 0 Å². The molecule has 2 radical (unpaired) electrons. The number of hydrogen-bond acceptors (Lipinski definition) is 0. The van der Waals surface area contributed by atoms with Gasteiger partial charge in [-0.2, -0.15) is 0 Å². The van der Waals surface area contributed by atoms with Gasteiger partial charge in [-0.15, -0.1) is 0 Å². The first kappa shape index (κ1) is 4.17. The van der Waals surface area contributed by atoms with E-state index < -0.39 is 0 Å². The molecule has 1 aliphatic rings. The summed E-state index contributed by atoms with van der Waals surface area (Å²) in [4.78, 5) is 0. The summed E-state index contributed by atoms with van der Waals surface area (Å²) in [5.74, 6) is 0.894. The zero-order valence-electron chi connectivity index (χ0n) is 3.98. The van der Waals surface area contributed by atoms with Crippen LogP contribution in [0.2, 0.25) is 0 Å². The lowest BCUT2D eigenvalue weighted by atomic mass is 9.84. The van der Waals surface area contributed by atoms with E-state index in [1.807, 2.05) is 0 Å². The third-order valence-electron chi connectivity index (χ3n) is 1.56. The van der Waals surface area contributed by atoms with Crippen LogP contribution in [-0.4, -0.2) is 0 Å². The first-order valence-electron chi connectivity index (χ1n) is 2.63. The monoisotopic (exact) mass is 82.1 g/mol. The van der Waals surface area contributed by atoms with Crippen molar-refractivity contribution < 1.29 is 0 Å². The molecule has 0 aliphatic heterocycles. The fourth-order valence-corrected chi connectivity index (χ4v) is 0.729. The Labute approximate surface area is 39.6 Å². The first-order valence-corrected chi connectivity index (χ1v) is 2.63. The molecule has 1 fully saturated rings. The molecule has 0 aromatic rings. The Balaban J connectivity index is 2.01. The summed E-state index contributed by atoms with van der Waals surface area (Å²) in [6.07, 6.45) is 5.11. The maximum absolute atomic E-state index is 5.33. The van der Waals surface area contributed by atoms with Gasteiger partial charge in [-0.1, -0.05) is 19.3 Å². The van der Waals surface area contributed by atoms with E-state index in [9.17, 15) is 0 Å². The molecule has 1 rings (SSSR count). The van der Waals surface area contributed by atoms with E-state index in [1.165, 1.54) is 19.3 Å². The van der Waals surface area contributed by atoms with Crippen LogP contribution in [0, 0.1) is 12.8 Å². The molecule has 0 bridgehead atoms. The Hall–Kier alpha value is 0. The van der Waals surface area contributed by atoms with Gasteiger partial charge in [-0.25, -0.2) is 0 Å². The number of rotatable bonds is 1. The van der Waals surface area contributed by atoms with E-state index in [-0.39, 0.29) is 0 Å². The van der Waals surface area contributed by atoms with Crippen LogP contribution in [0.5, 0.6) is 0 Å². The van der Waals surface area contributed by atoms with Gasteiger partial charge >= 0.3 is 0 Å². The fourth-order valence-electron chi connectivity index (χ4n) is 0.729. The molecular weight excluding hydrogens is 72.1 g/mol. The first-order chi connectivity index (χ1) is 2.93. The van der Waals surface area contributed by atoms with Gasteiger partial charge in [0.2, 0.25) is 0 Å². The Morgan fingerprint density at radius 3 is 2.17 bits per heavy atom. The van der Waals surface area contributed by atoms with Crippen LogP contribution in [0.4, 0.5) is 0 Å². The van der Waals surface area contributed by atoms with Gasteiger partial charge in [-0.3, -0.25) is 0 Å². The normalized spacial score (nSPS) is 23.5. The van der Waals surface area contributed by atoms with E-state index in [2.05, 4.69) is 0 Å². The van der Waals surface area contributed by atoms with Gasteiger partial charge in [0.05, 0.1) is 0 Å². The topological polar surface area (TPSA) is 0 Å². The van der Waals surface area contributed by atoms with Crippen LogP contribution in [0.15, 0.2) is 0 Å². The van der Waals surface area contributed by atoms with Gasteiger partial charge in [0.25, 0.3) is 0 Å². The van der Waals surface area contributed by atoms with Gasteiger partial charge in [-0.05, 0) is 19.3 Å². The highest BCUT2D eigenvalue weighted by molar-refractivity contribution is 4.69. The summed E-state index contributed by atoms with van der Waals surface area (Å²) in [6.45, 7) is 5.33. The van der Waals surface area contributed by atoms with Crippen LogP contribution in [0.3, 0.4) is 0 Å². The van der Waals surface area contributed by atoms with Gasteiger partial charge < -0.3 is 0 Å². The third-order valence-corrected chi connectivity index (χ3v) is 1.56. The van der Waals surface area contributed by atoms with Crippen molar-refractivity contribution >= 4 is 0 Å². The van der Waals surface area contributed by atoms with Gasteiger partial charge in [0.15, 0.2) is 0 Å². The highest BCUT2D eigenvalue weighted by Crippen LogP contribution is 2.28. The predicted octanol–water partition coefficient (Wildman–Crippen LogP) is 1.89. The molecular formula is C6H10. The Kier molecular flexibility index (Phi) is 1.13. The quantitative estimate of drug-likeness (QED) is 0.453. The third kappa shape index (κ3) is 0.562. The molecule has 1 aliphatic carbocycles. The molecule has 0 N–H and O–H groups in total. The van der Waals surface area contributed by atoms with Crippen LogP contribution in [0.1, 0.15) is 25.7 Å². The van der Waals surface area contributed by atoms with Crippen molar-refractivity contribution in [3.63, 3.8) is 0 Å². The minimum Gasteiger partial charge on any atom is -0.0528 e. The van der Waals surface area contributed by atoms with Crippen molar-refractivity contribution in [2.24, 2.45) is 5.92 Å². The smallest absolute Gasteiger partial charge is 0.0349 e. The SMILES string of the molecule is [CH]CC1CCC1. The summed E-state index contributed by atoms with van der Waals surface area (Å²) in [5, 5.41) is 0. The van der Waals surface area contributed by atoms with Crippen LogP contribution >= 0.6 is 0 Å². The zero-order chi connectivity index (χ0) is 4.41. The summed E-state index contributed by atoms with van der Waals surface area (Å²) in [6, 6.07) is 0. The average Bonchev–Trinajstić information content (AvgIpc) is 1.31. The molecule has 34 valence electrons. The highest BCUT2D eigenvalue weighted by atomic mass is 14.2. The van der Waals surface area contributed by atoms with E-state index >= 15 is 0 Å². The Morgan fingerprint density at radius 1 is 1.50 bits per heavy atom. The lowest BCUT2D eigenvalue weighted by Gasteiger charge is -2.22. The molecule has 0 nitrogen and oxygen atoms in total. The summed E-state index contributed by atoms with van der Waals surface area (Å²) >= 11 is 0. The minimum absolute atomic E-state index is 0.894. The number of hydrogen-bond donors (Lipinski definition) is 0. The molecule has 6 heavy (non-hydrogen) atoms. The lowest BCUT2D eigenvalue weighted by molar-refractivity contribution is 0.318. The van der Waals surface area contributed by atoms with Crippen LogP contribution in [-0.2, 0) is 0 Å². The van der Waals surface area contributed by atoms with Crippen molar-refractivity contribution in [3.8, 4) is 0 Å². The lowest BCUT2D eigenvalue weighted by Crippen LogP contribution is -2.08. The highest BCUT2D eigenvalue weighted by Gasteiger charge is 2.13. The van der Waals surface area contributed by atoms with Crippen LogP contribution < -0.4 is 0 Å². The van der Waals surface area contributed by atoms with Crippen molar-refractivity contribution in [1.29, 1.82) is 0 Å². The standard InChI is InChI=1S/C6H10/c1-2-6-4-3-5-6/h1,6H,2-5H2. The van der Waals surface area contributed by atoms with Crippen molar-refractivity contribution in [2.45, 2.75) is 25.7 Å². The Bertz CT molecular complexity index is 32.5. The second-order valence-electron chi connectivity index (χ2n) is 2.03. The maximum Gasteiger partial charge on any atom is -0.0349 e. The van der Waals surface area contributed by atoms with Crippen LogP contribution in [0.25, 0.3) is 0 Å².